The molecule has 0 N–H and O–H groups in total. The summed E-state index contributed by atoms with van der Waals surface area (Å²) in [6.07, 6.45) is -0.560. The Kier molecular flexibility index (Phi) is 4.87. The van der Waals surface area contributed by atoms with Crippen LogP contribution in [0.1, 0.15) is 18.9 Å². The zero-order valence-corrected chi connectivity index (χ0v) is 14.4. The topological polar surface area (TPSA) is 91.3 Å². The molecule has 0 fully saturated rings. The summed E-state index contributed by atoms with van der Waals surface area (Å²) in [6, 6.07) is 10.7. The minimum Gasteiger partial charge on any atom is -0.479 e. The summed E-state index contributed by atoms with van der Waals surface area (Å²) in [5.41, 5.74) is 0.549. The molecule has 0 bridgehead atoms. The van der Waals surface area contributed by atoms with E-state index in [2.05, 4.69) is 10.2 Å². The third kappa shape index (κ3) is 3.89. The largest absolute Gasteiger partial charge is 0.479 e. The van der Waals surface area contributed by atoms with Crippen LogP contribution in [0, 0.1) is 10.1 Å². The number of hydrogen-bond donors (Lipinski definition) is 0. The highest BCUT2D eigenvalue weighted by atomic mass is 35.5. The van der Waals surface area contributed by atoms with Crippen LogP contribution in [0.2, 0.25) is 10.0 Å². The zero-order chi connectivity index (χ0) is 18.0. The van der Waals surface area contributed by atoms with Crippen LogP contribution < -0.4 is 4.74 Å². The molecule has 0 saturated heterocycles. The van der Waals surface area contributed by atoms with Gasteiger partial charge < -0.3 is 9.15 Å². The van der Waals surface area contributed by atoms with E-state index in [9.17, 15) is 10.1 Å². The van der Waals surface area contributed by atoms with E-state index in [1.165, 1.54) is 24.3 Å². The number of nitro benzene ring substituents is 1. The maximum atomic E-state index is 10.7. The molecule has 1 atom stereocenters. The van der Waals surface area contributed by atoms with Crippen molar-refractivity contribution in [3.8, 4) is 17.2 Å². The molecule has 0 amide bonds. The molecule has 9 heteroatoms. The molecule has 1 aromatic heterocycles. The molecular formula is C16H11Cl2N3O4. The second-order valence-corrected chi connectivity index (χ2v) is 5.93. The number of nitrogens with zero attached hydrogens (tertiary/aromatic N) is 3. The summed E-state index contributed by atoms with van der Waals surface area (Å²) in [7, 11) is 0. The van der Waals surface area contributed by atoms with Gasteiger partial charge in [0.1, 0.15) is 5.75 Å². The molecule has 0 unspecified atom stereocenters. The van der Waals surface area contributed by atoms with Gasteiger partial charge in [-0.15, -0.1) is 10.2 Å². The van der Waals surface area contributed by atoms with Gasteiger partial charge in [-0.2, -0.15) is 0 Å². The second-order valence-electron chi connectivity index (χ2n) is 5.08. The minimum absolute atomic E-state index is 0.0178. The molecule has 3 aromatic rings. The third-order valence-corrected chi connectivity index (χ3v) is 3.86. The Hall–Kier alpha value is -2.64. The van der Waals surface area contributed by atoms with Crippen molar-refractivity contribution in [2.45, 2.75) is 13.0 Å². The fraction of sp³-hybridized carbons (Fsp3) is 0.125. The molecule has 0 aliphatic heterocycles. The molecule has 0 aliphatic carbocycles. The Balaban J connectivity index is 1.78. The first-order chi connectivity index (χ1) is 11.9. The molecule has 128 valence electrons. The van der Waals surface area contributed by atoms with E-state index in [1.807, 2.05) is 0 Å². The van der Waals surface area contributed by atoms with Crippen molar-refractivity contribution in [2.75, 3.05) is 0 Å². The summed E-state index contributed by atoms with van der Waals surface area (Å²) in [5.74, 6) is 0.874. The predicted octanol–water partition coefficient (Wildman–Crippen LogP) is 5.09. The number of benzene rings is 2. The number of nitro groups is 1. The van der Waals surface area contributed by atoms with Gasteiger partial charge in [-0.3, -0.25) is 10.1 Å². The van der Waals surface area contributed by atoms with Crippen molar-refractivity contribution in [1.29, 1.82) is 0 Å². The average molecular weight is 380 g/mol. The summed E-state index contributed by atoms with van der Waals surface area (Å²) >= 11 is 12.0. The number of rotatable bonds is 5. The number of halogens is 2. The van der Waals surface area contributed by atoms with Crippen molar-refractivity contribution in [1.82, 2.24) is 10.2 Å². The molecule has 25 heavy (non-hydrogen) atoms. The van der Waals surface area contributed by atoms with Gasteiger partial charge in [0.2, 0.25) is 5.89 Å². The summed E-state index contributed by atoms with van der Waals surface area (Å²) in [6.45, 7) is 1.73. The molecule has 0 radical (unpaired) electrons. The Morgan fingerprint density at radius 3 is 2.56 bits per heavy atom. The fourth-order valence-corrected chi connectivity index (χ4v) is 2.37. The maximum Gasteiger partial charge on any atom is 0.269 e. The molecular weight excluding hydrogens is 369 g/mol. The van der Waals surface area contributed by atoms with Crippen LogP contribution in [0.15, 0.2) is 46.9 Å². The van der Waals surface area contributed by atoms with Gasteiger partial charge in [-0.1, -0.05) is 23.2 Å². The molecule has 2 aromatic carbocycles. The van der Waals surface area contributed by atoms with Gasteiger partial charge in [-0.25, -0.2) is 0 Å². The first kappa shape index (κ1) is 17.2. The lowest BCUT2D eigenvalue weighted by Crippen LogP contribution is -2.03. The normalized spacial score (nSPS) is 12.0. The van der Waals surface area contributed by atoms with Gasteiger partial charge in [0.25, 0.3) is 11.6 Å². The molecule has 1 heterocycles. The van der Waals surface area contributed by atoms with Crippen LogP contribution in [-0.2, 0) is 0 Å². The van der Waals surface area contributed by atoms with E-state index in [1.54, 1.807) is 25.1 Å². The maximum absolute atomic E-state index is 10.7. The van der Waals surface area contributed by atoms with Gasteiger partial charge in [0.05, 0.1) is 9.95 Å². The smallest absolute Gasteiger partial charge is 0.269 e. The molecule has 0 saturated carbocycles. The Labute approximate surface area is 152 Å². The summed E-state index contributed by atoms with van der Waals surface area (Å²) in [5, 5.41) is 19.5. The quantitative estimate of drug-likeness (QED) is 0.452. The number of aromatic nitrogens is 2. The molecule has 7 nitrogen and oxygen atoms in total. The van der Waals surface area contributed by atoms with Crippen LogP contribution in [0.25, 0.3) is 11.5 Å². The van der Waals surface area contributed by atoms with E-state index in [0.29, 0.717) is 21.4 Å². The highest BCUT2D eigenvalue weighted by Crippen LogP contribution is 2.32. The standard InChI is InChI=1S/C16H11Cl2N3O4/c1-9(24-14-8-11(17)4-7-13(14)18)15-19-20-16(25-15)10-2-5-12(6-3-10)21(22)23/h2-9H,1H3/t9-/m0/s1. The molecule has 0 aliphatic rings. The first-order valence-electron chi connectivity index (χ1n) is 7.14. The van der Waals surface area contributed by atoms with Gasteiger partial charge in [0.15, 0.2) is 6.10 Å². The first-order valence-corrected chi connectivity index (χ1v) is 7.89. The SMILES string of the molecule is C[C@H](Oc1cc(Cl)ccc1Cl)c1nnc(-c2ccc([N+](=O)[O-])cc2)o1. The monoisotopic (exact) mass is 379 g/mol. The van der Waals surface area contributed by atoms with Gasteiger partial charge in [0, 0.05) is 28.8 Å². The van der Waals surface area contributed by atoms with Crippen molar-refractivity contribution in [3.63, 3.8) is 0 Å². The summed E-state index contributed by atoms with van der Waals surface area (Å²) < 4.78 is 11.3. The minimum atomic E-state index is -0.560. The van der Waals surface area contributed by atoms with Crippen LogP contribution >= 0.6 is 23.2 Å². The van der Waals surface area contributed by atoms with E-state index >= 15 is 0 Å². The highest BCUT2D eigenvalue weighted by molar-refractivity contribution is 6.34. The van der Waals surface area contributed by atoms with Gasteiger partial charge in [-0.05, 0) is 31.2 Å². The fourth-order valence-electron chi connectivity index (χ4n) is 2.05. The van der Waals surface area contributed by atoms with E-state index < -0.39 is 11.0 Å². The number of hydrogen-bond acceptors (Lipinski definition) is 6. The Bertz CT molecular complexity index is 912. The van der Waals surface area contributed by atoms with Crippen LogP contribution in [0.3, 0.4) is 0 Å². The van der Waals surface area contributed by atoms with Crippen molar-refractivity contribution < 1.29 is 14.1 Å². The van der Waals surface area contributed by atoms with E-state index in [-0.39, 0.29) is 17.5 Å². The van der Waals surface area contributed by atoms with Crippen LogP contribution in [0.4, 0.5) is 5.69 Å². The lowest BCUT2D eigenvalue weighted by atomic mass is 10.2. The third-order valence-electron chi connectivity index (χ3n) is 3.31. The van der Waals surface area contributed by atoms with Crippen molar-refractivity contribution >= 4 is 28.9 Å². The second kappa shape index (κ2) is 7.08. The number of non-ortho nitro benzene ring substituents is 1. The van der Waals surface area contributed by atoms with E-state index in [0.717, 1.165) is 0 Å². The average Bonchev–Trinajstić information content (AvgIpc) is 3.08. The zero-order valence-electron chi connectivity index (χ0n) is 12.8. The molecule has 3 rings (SSSR count). The lowest BCUT2D eigenvalue weighted by molar-refractivity contribution is -0.384. The number of ether oxygens (including phenoxy) is 1. The highest BCUT2D eigenvalue weighted by Gasteiger charge is 2.18. The van der Waals surface area contributed by atoms with E-state index in [4.69, 9.17) is 32.4 Å². The predicted molar refractivity (Wildman–Crippen MR) is 91.9 cm³/mol. The van der Waals surface area contributed by atoms with Crippen LogP contribution in [0.5, 0.6) is 5.75 Å². The molecule has 0 spiro atoms. The van der Waals surface area contributed by atoms with Crippen molar-refractivity contribution in [2.24, 2.45) is 0 Å². The van der Waals surface area contributed by atoms with Gasteiger partial charge >= 0.3 is 0 Å². The Morgan fingerprint density at radius 2 is 1.88 bits per heavy atom. The van der Waals surface area contributed by atoms with Crippen LogP contribution in [-0.4, -0.2) is 15.1 Å². The van der Waals surface area contributed by atoms with Crippen molar-refractivity contribution in [3.05, 3.63) is 68.5 Å². The lowest BCUT2D eigenvalue weighted by Gasteiger charge is -2.12. The Morgan fingerprint density at radius 1 is 1.16 bits per heavy atom. The summed E-state index contributed by atoms with van der Waals surface area (Å²) in [4.78, 5) is 10.2.